The van der Waals surface area contributed by atoms with Gasteiger partial charge in [0.2, 0.25) is 10.0 Å². The largest absolute Gasteiger partial charge is 0.326 e. The molecule has 1 atom stereocenters. The van der Waals surface area contributed by atoms with Crippen LogP contribution in [0.2, 0.25) is 0 Å². The monoisotopic (exact) mass is 282 g/mol. The fourth-order valence-corrected chi connectivity index (χ4v) is 4.52. The molecule has 0 saturated carbocycles. The molecule has 0 bridgehead atoms. The summed E-state index contributed by atoms with van der Waals surface area (Å²) in [6.45, 7) is 4.99. The molecule has 0 spiro atoms. The van der Waals surface area contributed by atoms with Crippen LogP contribution in [0.1, 0.15) is 37.3 Å². The Morgan fingerprint density at radius 2 is 2.16 bits per heavy atom. The third-order valence-electron chi connectivity index (χ3n) is 3.94. The molecule has 1 fully saturated rings. The number of hydrogen-bond donors (Lipinski definition) is 1. The topological polar surface area (TPSA) is 63.4 Å². The molecule has 4 nitrogen and oxygen atoms in total. The zero-order valence-corrected chi connectivity index (χ0v) is 12.4. The fourth-order valence-electron chi connectivity index (χ4n) is 2.70. The second-order valence-corrected chi connectivity index (χ2v) is 7.00. The number of rotatable bonds is 4. The van der Waals surface area contributed by atoms with Gasteiger partial charge in [-0.1, -0.05) is 13.0 Å². The lowest BCUT2D eigenvalue weighted by atomic mass is 10.1. The maximum Gasteiger partial charge on any atom is 0.243 e. The summed E-state index contributed by atoms with van der Waals surface area (Å²) in [4.78, 5) is 0.374. The third-order valence-corrected chi connectivity index (χ3v) is 5.89. The molecule has 1 unspecified atom stereocenters. The summed E-state index contributed by atoms with van der Waals surface area (Å²) in [5.41, 5.74) is 7.59. The van der Waals surface area contributed by atoms with Crippen LogP contribution in [0.25, 0.3) is 0 Å². The van der Waals surface area contributed by atoms with E-state index in [0.29, 0.717) is 18.0 Å². The molecule has 0 aromatic heterocycles. The summed E-state index contributed by atoms with van der Waals surface area (Å²) >= 11 is 0. The lowest BCUT2D eigenvalue weighted by Crippen LogP contribution is -2.35. The van der Waals surface area contributed by atoms with Crippen molar-refractivity contribution in [3.05, 3.63) is 29.3 Å². The van der Waals surface area contributed by atoms with Gasteiger partial charge in [0.05, 0.1) is 4.90 Å². The lowest BCUT2D eigenvalue weighted by Gasteiger charge is -2.23. The van der Waals surface area contributed by atoms with E-state index in [1.54, 1.807) is 16.4 Å². The normalized spacial score (nSPS) is 20.9. The maximum atomic E-state index is 12.7. The minimum absolute atomic E-state index is 0.146. The third kappa shape index (κ3) is 2.68. The molecule has 1 aliphatic heterocycles. The first kappa shape index (κ1) is 14.5. The highest BCUT2D eigenvalue weighted by atomic mass is 32.2. The van der Waals surface area contributed by atoms with Crippen molar-refractivity contribution < 1.29 is 8.42 Å². The van der Waals surface area contributed by atoms with Crippen LogP contribution in [0.3, 0.4) is 0 Å². The first-order valence-electron chi connectivity index (χ1n) is 6.82. The Bertz CT molecular complexity index is 555. The van der Waals surface area contributed by atoms with Crippen LogP contribution in [-0.2, 0) is 16.6 Å². The molecule has 1 heterocycles. The molecule has 1 saturated heterocycles. The summed E-state index contributed by atoms with van der Waals surface area (Å²) in [6.07, 6.45) is 2.79. The van der Waals surface area contributed by atoms with E-state index in [4.69, 9.17) is 5.73 Å². The number of aryl methyl sites for hydroxylation is 1. The first-order chi connectivity index (χ1) is 9.00. The van der Waals surface area contributed by atoms with Crippen LogP contribution in [-0.4, -0.2) is 25.3 Å². The predicted molar refractivity (Wildman–Crippen MR) is 76.3 cm³/mol. The Balaban J connectivity index is 2.39. The van der Waals surface area contributed by atoms with Crippen molar-refractivity contribution in [1.29, 1.82) is 0 Å². The first-order valence-corrected chi connectivity index (χ1v) is 8.26. The van der Waals surface area contributed by atoms with E-state index >= 15 is 0 Å². The highest BCUT2D eigenvalue weighted by molar-refractivity contribution is 7.89. The van der Waals surface area contributed by atoms with Gasteiger partial charge in [-0.2, -0.15) is 4.31 Å². The Labute approximate surface area is 115 Å². The van der Waals surface area contributed by atoms with E-state index in [0.717, 1.165) is 30.4 Å². The summed E-state index contributed by atoms with van der Waals surface area (Å²) in [6, 6.07) is 5.39. The van der Waals surface area contributed by atoms with E-state index in [1.165, 1.54) is 0 Å². The van der Waals surface area contributed by atoms with Gasteiger partial charge in [0.15, 0.2) is 0 Å². The van der Waals surface area contributed by atoms with Crippen LogP contribution < -0.4 is 5.73 Å². The average molecular weight is 282 g/mol. The minimum Gasteiger partial charge on any atom is -0.326 e. The molecule has 19 heavy (non-hydrogen) atoms. The van der Waals surface area contributed by atoms with E-state index in [1.807, 2.05) is 19.9 Å². The highest BCUT2D eigenvalue weighted by Gasteiger charge is 2.34. The maximum absolute atomic E-state index is 12.7. The quantitative estimate of drug-likeness (QED) is 0.919. The summed E-state index contributed by atoms with van der Waals surface area (Å²) < 4.78 is 27.0. The van der Waals surface area contributed by atoms with Crippen LogP contribution in [0.4, 0.5) is 0 Å². The van der Waals surface area contributed by atoms with Gasteiger partial charge in [-0.25, -0.2) is 8.42 Å². The molecule has 0 aliphatic carbocycles. The Morgan fingerprint density at radius 3 is 2.79 bits per heavy atom. The Morgan fingerprint density at radius 1 is 1.42 bits per heavy atom. The van der Waals surface area contributed by atoms with Gasteiger partial charge in [0, 0.05) is 19.1 Å². The summed E-state index contributed by atoms with van der Waals surface area (Å²) in [7, 11) is -3.37. The fraction of sp³-hybridized carbons (Fsp3) is 0.571. The lowest BCUT2D eigenvalue weighted by molar-refractivity contribution is 0.379. The summed E-state index contributed by atoms with van der Waals surface area (Å²) in [5, 5.41) is 0. The number of nitrogens with two attached hydrogens (primary N) is 1. The summed E-state index contributed by atoms with van der Waals surface area (Å²) in [5.74, 6) is 0. The van der Waals surface area contributed by atoms with E-state index in [2.05, 4.69) is 0 Å². The van der Waals surface area contributed by atoms with Gasteiger partial charge < -0.3 is 5.73 Å². The Hall–Kier alpha value is -0.910. The zero-order chi connectivity index (χ0) is 14.0. The second kappa shape index (κ2) is 5.61. The molecular weight excluding hydrogens is 260 g/mol. The van der Waals surface area contributed by atoms with Gasteiger partial charge in [0.25, 0.3) is 0 Å². The predicted octanol–water partition coefficient (Wildman–Crippen LogP) is 2.02. The van der Waals surface area contributed by atoms with Crippen molar-refractivity contribution in [3.63, 3.8) is 0 Å². The molecule has 1 aliphatic rings. The standard InChI is InChI=1S/C14H22N2O2S/c1-3-13-5-4-8-16(13)19(17,18)14-7-6-11(2)12(9-14)10-15/h6-7,9,13H,3-5,8,10,15H2,1-2H3. The van der Waals surface area contributed by atoms with Crippen molar-refractivity contribution >= 4 is 10.0 Å². The molecular formula is C14H22N2O2S. The molecule has 2 rings (SSSR count). The van der Waals surface area contributed by atoms with E-state index in [9.17, 15) is 8.42 Å². The molecule has 2 N–H and O–H groups in total. The second-order valence-electron chi connectivity index (χ2n) is 5.11. The number of sulfonamides is 1. The zero-order valence-electron chi connectivity index (χ0n) is 11.6. The van der Waals surface area contributed by atoms with Crippen molar-refractivity contribution in [2.75, 3.05) is 6.54 Å². The van der Waals surface area contributed by atoms with Crippen LogP contribution in [0, 0.1) is 6.92 Å². The van der Waals surface area contributed by atoms with Gasteiger partial charge >= 0.3 is 0 Å². The van der Waals surface area contributed by atoms with Crippen LogP contribution in [0.5, 0.6) is 0 Å². The number of hydrogen-bond acceptors (Lipinski definition) is 3. The van der Waals surface area contributed by atoms with Gasteiger partial charge in [-0.05, 0) is 49.4 Å². The van der Waals surface area contributed by atoms with Gasteiger partial charge in [-0.3, -0.25) is 0 Å². The Kier molecular flexibility index (Phi) is 4.28. The minimum atomic E-state index is -3.37. The highest BCUT2D eigenvalue weighted by Crippen LogP contribution is 2.28. The van der Waals surface area contributed by atoms with Crippen LogP contribution >= 0.6 is 0 Å². The molecule has 5 heteroatoms. The van der Waals surface area contributed by atoms with E-state index in [-0.39, 0.29) is 6.04 Å². The van der Waals surface area contributed by atoms with Crippen molar-refractivity contribution in [2.24, 2.45) is 5.73 Å². The van der Waals surface area contributed by atoms with Gasteiger partial charge in [0.1, 0.15) is 0 Å². The molecule has 106 valence electrons. The molecule has 1 aromatic carbocycles. The molecule has 0 radical (unpaired) electrons. The van der Waals surface area contributed by atoms with Gasteiger partial charge in [-0.15, -0.1) is 0 Å². The van der Waals surface area contributed by atoms with Crippen LogP contribution in [0.15, 0.2) is 23.1 Å². The van der Waals surface area contributed by atoms with E-state index < -0.39 is 10.0 Å². The number of benzene rings is 1. The average Bonchev–Trinajstić information content (AvgIpc) is 2.88. The SMILES string of the molecule is CCC1CCCN1S(=O)(=O)c1ccc(C)c(CN)c1. The van der Waals surface area contributed by atoms with Crippen molar-refractivity contribution in [1.82, 2.24) is 4.31 Å². The van der Waals surface area contributed by atoms with Crippen molar-refractivity contribution in [2.45, 2.75) is 50.6 Å². The number of nitrogens with zero attached hydrogens (tertiary/aromatic N) is 1. The van der Waals surface area contributed by atoms with Crippen molar-refractivity contribution in [3.8, 4) is 0 Å². The molecule has 0 amide bonds. The molecule has 1 aromatic rings. The smallest absolute Gasteiger partial charge is 0.243 e.